The summed E-state index contributed by atoms with van der Waals surface area (Å²) < 4.78 is 0. The van der Waals surface area contributed by atoms with E-state index >= 15 is 0 Å². The predicted octanol–water partition coefficient (Wildman–Crippen LogP) is 1.03. The van der Waals surface area contributed by atoms with Gasteiger partial charge in [0.2, 0.25) is 5.75 Å². The maximum atomic E-state index is 10.4. The Kier molecular flexibility index (Phi) is 2.57. The third-order valence-electron chi connectivity index (χ3n) is 1.81. The molecule has 0 aliphatic heterocycles. The molecule has 0 amide bonds. The molecular weight excluding hydrogens is 188 g/mol. The molecule has 0 heterocycles. The van der Waals surface area contributed by atoms with Crippen LogP contribution in [0.15, 0.2) is 12.1 Å². The summed E-state index contributed by atoms with van der Waals surface area (Å²) in [5.74, 6) is -1.27. The maximum absolute atomic E-state index is 10.4. The Bertz CT molecular complexity index is 376. The topological polar surface area (TPSA) is 110 Å². The fourth-order valence-corrected chi connectivity index (χ4v) is 1.03. The third-order valence-corrected chi connectivity index (χ3v) is 1.81. The van der Waals surface area contributed by atoms with E-state index in [1.165, 1.54) is 6.07 Å². The third kappa shape index (κ3) is 1.74. The van der Waals surface area contributed by atoms with Crippen LogP contribution in [0.5, 0.6) is 11.5 Å². The van der Waals surface area contributed by atoms with E-state index in [0.29, 0.717) is 5.56 Å². The number of benzene rings is 1. The van der Waals surface area contributed by atoms with Gasteiger partial charge in [0.15, 0.2) is 5.75 Å². The first-order chi connectivity index (χ1) is 6.43. The van der Waals surface area contributed by atoms with E-state index in [0.717, 1.165) is 6.07 Å². The van der Waals surface area contributed by atoms with Crippen LogP contribution in [0.25, 0.3) is 0 Å². The van der Waals surface area contributed by atoms with Gasteiger partial charge < -0.3 is 15.9 Å². The van der Waals surface area contributed by atoms with Gasteiger partial charge in [0.25, 0.3) is 0 Å². The summed E-state index contributed by atoms with van der Waals surface area (Å²) in [7, 11) is 0. The van der Waals surface area contributed by atoms with Crippen molar-refractivity contribution in [3.63, 3.8) is 0 Å². The number of rotatable bonds is 2. The van der Waals surface area contributed by atoms with Crippen molar-refractivity contribution < 1.29 is 15.1 Å². The van der Waals surface area contributed by atoms with Crippen LogP contribution < -0.4 is 5.73 Å². The van der Waals surface area contributed by atoms with Crippen LogP contribution in [0.2, 0.25) is 0 Å². The number of nitro groups is 1. The minimum Gasteiger partial charge on any atom is -0.504 e. The van der Waals surface area contributed by atoms with Gasteiger partial charge in [-0.2, -0.15) is 0 Å². The molecule has 0 saturated carbocycles. The molecule has 6 nitrogen and oxygen atoms in total. The van der Waals surface area contributed by atoms with E-state index in [1.807, 2.05) is 0 Å². The smallest absolute Gasteiger partial charge is 0.314 e. The number of nitrogens with two attached hydrogens (primary N) is 1. The van der Waals surface area contributed by atoms with Crippen LogP contribution in [0, 0.1) is 10.1 Å². The molecule has 76 valence electrons. The fraction of sp³-hybridized carbons (Fsp3) is 0.250. The quantitative estimate of drug-likeness (QED) is 0.373. The van der Waals surface area contributed by atoms with Gasteiger partial charge in [-0.15, -0.1) is 0 Å². The SMILES string of the molecule is C[C@H](N)c1cc(O)c(O)c([N+](=O)[O-])c1. The van der Waals surface area contributed by atoms with E-state index in [4.69, 9.17) is 15.9 Å². The van der Waals surface area contributed by atoms with E-state index in [2.05, 4.69) is 0 Å². The largest absolute Gasteiger partial charge is 0.504 e. The second kappa shape index (κ2) is 3.51. The molecule has 1 aromatic rings. The Labute approximate surface area is 79.7 Å². The number of nitro benzene ring substituents is 1. The number of aromatic hydroxyl groups is 2. The molecule has 6 heteroatoms. The van der Waals surface area contributed by atoms with Gasteiger partial charge in [-0.3, -0.25) is 10.1 Å². The highest BCUT2D eigenvalue weighted by Crippen LogP contribution is 2.37. The average Bonchev–Trinajstić information content (AvgIpc) is 2.08. The Balaban J connectivity index is 3.35. The van der Waals surface area contributed by atoms with E-state index in [9.17, 15) is 10.1 Å². The highest BCUT2D eigenvalue weighted by atomic mass is 16.6. The van der Waals surface area contributed by atoms with Gasteiger partial charge in [-0.1, -0.05) is 0 Å². The van der Waals surface area contributed by atoms with Gasteiger partial charge in [0.1, 0.15) is 0 Å². The molecule has 0 saturated heterocycles. The molecular formula is C8H10N2O4. The van der Waals surface area contributed by atoms with Gasteiger partial charge >= 0.3 is 5.69 Å². The second-order valence-corrected chi connectivity index (χ2v) is 2.95. The molecule has 0 fully saturated rings. The normalized spacial score (nSPS) is 12.4. The molecule has 0 aliphatic carbocycles. The molecule has 0 aliphatic rings. The number of hydrogen-bond acceptors (Lipinski definition) is 5. The monoisotopic (exact) mass is 198 g/mol. The summed E-state index contributed by atoms with van der Waals surface area (Å²) in [6.07, 6.45) is 0. The summed E-state index contributed by atoms with van der Waals surface area (Å²) in [6, 6.07) is 1.90. The average molecular weight is 198 g/mol. The zero-order valence-corrected chi connectivity index (χ0v) is 7.47. The lowest BCUT2D eigenvalue weighted by molar-refractivity contribution is -0.386. The van der Waals surface area contributed by atoms with Crippen molar-refractivity contribution in [2.75, 3.05) is 0 Å². The van der Waals surface area contributed by atoms with Gasteiger partial charge in [-0.25, -0.2) is 0 Å². The Hall–Kier alpha value is -1.82. The van der Waals surface area contributed by atoms with Crippen molar-refractivity contribution in [3.8, 4) is 11.5 Å². The maximum Gasteiger partial charge on any atom is 0.314 e. The summed E-state index contributed by atoms with van der Waals surface area (Å²) in [5, 5.41) is 28.8. The van der Waals surface area contributed by atoms with Crippen molar-refractivity contribution in [1.82, 2.24) is 0 Å². The molecule has 1 rings (SSSR count). The van der Waals surface area contributed by atoms with Crippen LogP contribution in [0.1, 0.15) is 18.5 Å². The fourth-order valence-electron chi connectivity index (χ4n) is 1.03. The lowest BCUT2D eigenvalue weighted by Gasteiger charge is -2.07. The van der Waals surface area contributed by atoms with Gasteiger partial charge in [0.05, 0.1) is 4.92 Å². The lowest BCUT2D eigenvalue weighted by atomic mass is 10.1. The molecule has 0 unspecified atom stereocenters. The number of hydrogen-bond donors (Lipinski definition) is 3. The van der Waals surface area contributed by atoms with E-state index < -0.39 is 28.2 Å². The Morgan fingerprint density at radius 1 is 1.50 bits per heavy atom. The van der Waals surface area contributed by atoms with E-state index in [-0.39, 0.29) is 0 Å². The van der Waals surface area contributed by atoms with E-state index in [1.54, 1.807) is 6.92 Å². The number of phenols is 2. The summed E-state index contributed by atoms with van der Waals surface area (Å²) >= 11 is 0. The van der Waals surface area contributed by atoms with Crippen LogP contribution in [-0.2, 0) is 0 Å². The Morgan fingerprint density at radius 2 is 2.07 bits per heavy atom. The summed E-state index contributed by atoms with van der Waals surface area (Å²) in [6.45, 7) is 1.62. The lowest BCUT2D eigenvalue weighted by Crippen LogP contribution is -2.05. The molecule has 0 aromatic heterocycles. The van der Waals surface area contributed by atoms with Crippen molar-refractivity contribution in [3.05, 3.63) is 27.8 Å². The first-order valence-corrected chi connectivity index (χ1v) is 3.89. The molecule has 1 aromatic carbocycles. The molecule has 0 spiro atoms. The minimum absolute atomic E-state index is 0.395. The van der Waals surface area contributed by atoms with Gasteiger partial charge in [-0.05, 0) is 18.6 Å². The van der Waals surface area contributed by atoms with Gasteiger partial charge in [0, 0.05) is 12.1 Å². The predicted molar refractivity (Wildman–Crippen MR) is 49.0 cm³/mol. The zero-order chi connectivity index (χ0) is 10.9. The minimum atomic E-state index is -0.777. The highest BCUT2D eigenvalue weighted by molar-refractivity contribution is 5.56. The summed E-state index contributed by atoms with van der Waals surface area (Å²) in [4.78, 5) is 9.67. The molecule has 0 bridgehead atoms. The molecule has 4 N–H and O–H groups in total. The van der Waals surface area contributed by atoms with Crippen LogP contribution >= 0.6 is 0 Å². The van der Waals surface area contributed by atoms with Crippen LogP contribution in [0.4, 0.5) is 5.69 Å². The van der Waals surface area contributed by atoms with Crippen molar-refractivity contribution in [2.45, 2.75) is 13.0 Å². The van der Waals surface area contributed by atoms with Crippen LogP contribution in [0.3, 0.4) is 0 Å². The van der Waals surface area contributed by atoms with Crippen LogP contribution in [-0.4, -0.2) is 15.1 Å². The first kappa shape index (κ1) is 10.3. The molecule has 1 atom stereocenters. The number of phenolic OH excluding ortho intramolecular Hbond substituents is 2. The number of nitrogens with zero attached hydrogens (tertiary/aromatic N) is 1. The highest BCUT2D eigenvalue weighted by Gasteiger charge is 2.19. The zero-order valence-electron chi connectivity index (χ0n) is 7.47. The van der Waals surface area contributed by atoms with Crippen molar-refractivity contribution >= 4 is 5.69 Å². The molecule has 0 radical (unpaired) electrons. The van der Waals surface area contributed by atoms with Crippen molar-refractivity contribution in [2.24, 2.45) is 5.73 Å². The molecule has 14 heavy (non-hydrogen) atoms. The Morgan fingerprint density at radius 3 is 2.50 bits per heavy atom. The van der Waals surface area contributed by atoms with Crippen molar-refractivity contribution in [1.29, 1.82) is 0 Å². The standard InChI is InChI=1S/C8H10N2O4/c1-4(9)5-2-6(10(13)14)8(12)7(11)3-5/h2-4,11-12H,9H2,1H3/t4-/m0/s1. The second-order valence-electron chi connectivity index (χ2n) is 2.95. The summed E-state index contributed by atoms with van der Waals surface area (Å²) in [5.41, 5.74) is 5.34. The first-order valence-electron chi connectivity index (χ1n) is 3.89.